The zero-order valence-electron chi connectivity index (χ0n) is 11.2. The van der Waals surface area contributed by atoms with E-state index >= 15 is 0 Å². The Labute approximate surface area is 115 Å². The summed E-state index contributed by atoms with van der Waals surface area (Å²) in [6.45, 7) is 3.86. The second-order valence-electron chi connectivity index (χ2n) is 4.26. The van der Waals surface area contributed by atoms with Crippen LogP contribution in [0.4, 0.5) is 4.39 Å². The van der Waals surface area contributed by atoms with Crippen molar-refractivity contribution in [1.29, 1.82) is 5.26 Å². The maximum absolute atomic E-state index is 13.3. The molecule has 0 atom stereocenters. The number of ether oxygens (including phenoxy) is 1. The van der Waals surface area contributed by atoms with Crippen LogP contribution in [-0.2, 0) is 0 Å². The molecule has 0 amide bonds. The van der Waals surface area contributed by atoms with Gasteiger partial charge in [-0.05, 0) is 32.0 Å². The average Bonchev–Trinajstić information content (AvgIpc) is 2.38. The molecule has 0 fully saturated rings. The third kappa shape index (κ3) is 2.54. The highest BCUT2D eigenvalue weighted by Gasteiger charge is 2.15. The third-order valence-electron chi connectivity index (χ3n) is 2.81. The van der Waals surface area contributed by atoms with Crippen molar-refractivity contribution in [1.82, 2.24) is 4.98 Å². The standard InChI is InChI=1S/C15H13FN2O2/c1-3-20-14-7-10(16)4-5-11(14)12-6-9(2)18-15(19)13(12)8-17/h4-7H,3H2,1-2H3,(H,18,19). The fourth-order valence-electron chi connectivity index (χ4n) is 2.01. The van der Waals surface area contributed by atoms with Crippen LogP contribution in [-0.4, -0.2) is 11.6 Å². The minimum Gasteiger partial charge on any atom is -0.493 e. The van der Waals surface area contributed by atoms with Gasteiger partial charge in [-0.2, -0.15) is 5.26 Å². The van der Waals surface area contributed by atoms with Crippen LogP contribution in [0.15, 0.2) is 29.1 Å². The van der Waals surface area contributed by atoms with E-state index in [0.29, 0.717) is 29.2 Å². The highest BCUT2D eigenvalue weighted by Crippen LogP contribution is 2.32. The molecule has 2 rings (SSSR count). The lowest BCUT2D eigenvalue weighted by Crippen LogP contribution is -2.13. The number of hydrogen-bond donors (Lipinski definition) is 1. The number of nitrogens with one attached hydrogen (secondary N) is 1. The van der Waals surface area contributed by atoms with E-state index in [-0.39, 0.29) is 5.56 Å². The smallest absolute Gasteiger partial charge is 0.266 e. The van der Waals surface area contributed by atoms with Crippen molar-refractivity contribution >= 4 is 0 Å². The number of halogens is 1. The number of nitriles is 1. The van der Waals surface area contributed by atoms with Crippen LogP contribution in [0, 0.1) is 24.1 Å². The van der Waals surface area contributed by atoms with Crippen LogP contribution in [0.25, 0.3) is 11.1 Å². The van der Waals surface area contributed by atoms with Crippen molar-refractivity contribution < 1.29 is 9.13 Å². The molecule has 102 valence electrons. The van der Waals surface area contributed by atoms with E-state index in [2.05, 4.69) is 4.98 Å². The van der Waals surface area contributed by atoms with Crippen molar-refractivity contribution in [2.75, 3.05) is 6.61 Å². The summed E-state index contributed by atoms with van der Waals surface area (Å²) in [4.78, 5) is 14.4. The van der Waals surface area contributed by atoms with E-state index in [1.165, 1.54) is 18.2 Å². The molecule has 1 heterocycles. The van der Waals surface area contributed by atoms with Gasteiger partial charge in [0.05, 0.1) is 6.61 Å². The number of nitrogens with zero attached hydrogens (tertiary/aromatic N) is 1. The van der Waals surface area contributed by atoms with E-state index in [9.17, 15) is 9.18 Å². The molecule has 0 aliphatic rings. The predicted molar refractivity (Wildman–Crippen MR) is 73.1 cm³/mol. The molecule has 0 unspecified atom stereocenters. The molecule has 1 aromatic heterocycles. The van der Waals surface area contributed by atoms with Gasteiger partial charge in [0, 0.05) is 22.9 Å². The SMILES string of the molecule is CCOc1cc(F)ccc1-c1cc(C)[nH]c(=O)c1C#N. The van der Waals surface area contributed by atoms with Crippen LogP contribution < -0.4 is 10.3 Å². The van der Waals surface area contributed by atoms with E-state index in [4.69, 9.17) is 10.00 Å². The van der Waals surface area contributed by atoms with E-state index in [1.54, 1.807) is 19.9 Å². The van der Waals surface area contributed by atoms with Crippen molar-refractivity contribution in [2.24, 2.45) is 0 Å². The number of aromatic amines is 1. The van der Waals surface area contributed by atoms with Crippen LogP contribution in [0.3, 0.4) is 0 Å². The normalized spacial score (nSPS) is 10.1. The summed E-state index contributed by atoms with van der Waals surface area (Å²) >= 11 is 0. The number of aryl methyl sites for hydroxylation is 1. The first-order chi connectivity index (χ1) is 9.56. The maximum atomic E-state index is 13.3. The first-order valence-electron chi connectivity index (χ1n) is 6.13. The topological polar surface area (TPSA) is 65.9 Å². The van der Waals surface area contributed by atoms with Crippen LogP contribution in [0.5, 0.6) is 5.75 Å². The minimum atomic E-state index is -0.464. The fraction of sp³-hybridized carbons (Fsp3) is 0.200. The van der Waals surface area contributed by atoms with E-state index in [0.717, 1.165) is 0 Å². The molecule has 4 nitrogen and oxygen atoms in total. The largest absolute Gasteiger partial charge is 0.493 e. The Morgan fingerprint density at radius 1 is 1.35 bits per heavy atom. The molecule has 1 aromatic carbocycles. The quantitative estimate of drug-likeness (QED) is 0.934. The van der Waals surface area contributed by atoms with Crippen LogP contribution >= 0.6 is 0 Å². The summed E-state index contributed by atoms with van der Waals surface area (Å²) < 4.78 is 18.7. The van der Waals surface area contributed by atoms with Gasteiger partial charge in [0.2, 0.25) is 0 Å². The number of benzene rings is 1. The number of H-pyrrole nitrogens is 1. The van der Waals surface area contributed by atoms with Gasteiger partial charge < -0.3 is 9.72 Å². The lowest BCUT2D eigenvalue weighted by molar-refractivity contribution is 0.339. The Morgan fingerprint density at radius 3 is 2.75 bits per heavy atom. The Hall–Kier alpha value is -2.61. The van der Waals surface area contributed by atoms with Gasteiger partial charge in [-0.3, -0.25) is 4.79 Å². The summed E-state index contributed by atoms with van der Waals surface area (Å²) in [6.07, 6.45) is 0. The molecule has 1 N–H and O–H groups in total. The molecule has 0 spiro atoms. The molecule has 0 saturated carbocycles. The van der Waals surface area contributed by atoms with Crippen LogP contribution in [0.1, 0.15) is 18.2 Å². The molecule has 0 bridgehead atoms. The Kier molecular flexibility index (Phi) is 3.85. The van der Waals surface area contributed by atoms with E-state index in [1.807, 2.05) is 6.07 Å². The molecule has 0 aliphatic heterocycles. The highest BCUT2D eigenvalue weighted by atomic mass is 19.1. The molecular weight excluding hydrogens is 259 g/mol. The third-order valence-corrected chi connectivity index (χ3v) is 2.81. The second kappa shape index (κ2) is 5.57. The summed E-state index contributed by atoms with van der Waals surface area (Å²) in [6, 6.07) is 7.59. The van der Waals surface area contributed by atoms with E-state index < -0.39 is 11.4 Å². The van der Waals surface area contributed by atoms with Gasteiger partial charge in [-0.15, -0.1) is 0 Å². The summed E-state index contributed by atoms with van der Waals surface area (Å²) in [5.41, 5.74) is 1.12. The zero-order valence-corrected chi connectivity index (χ0v) is 11.2. The van der Waals surface area contributed by atoms with Gasteiger partial charge in [0.15, 0.2) is 0 Å². The van der Waals surface area contributed by atoms with Gasteiger partial charge in [0.25, 0.3) is 5.56 Å². The van der Waals surface area contributed by atoms with Crippen molar-refractivity contribution in [2.45, 2.75) is 13.8 Å². The van der Waals surface area contributed by atoms with Crippen molar-refractivity contribution in [3.63, 3.8) is 0 Å². The molecule has 0 saturated heterocycles. The molecule has 0 aliphatic carbocycles. The fourth-order valence-corrected chi connectivity index (χ4v) is 2.01. The first-order valence-corrected chi connectivity index (χ1v) is 6.13. The summed E-state index contributed by atoms with van der Waals surface area (Å²) in [7, 11) is 0. The molecular formula is C15H13FN2O2. The van der Waals surface area contributed by atoms with Crippen LogP contribution in [0.2, 0.25) is 0 Å². The van der Waals surface area contributed by atoms with Gasteiger partial charge in [0.1, 0.15) is 23.2 Å². The number of hydrogen-bond acceptors (Lipinski definition) is 3. The first kappa shape index (κ1) is 13.8. The summed E-state index contributed by atoms with van der Waals surface area (Å²) in [5, 5.41) is 9.14. The maximum Gasteiger partial charge on any atom is 0.266 e. The minimum absolute atomic E-state index is 0.0110. The number of aromatic nitrogens is 1. The van der Waals surface area contributed by atoms with Gasteiger partial charge >= 0.3 is 0 Å². The monoisotopic (exact) mass is 272 g/mol. The molecule has 0 radical (unpaired) electrons. The molecule has 5 heteroatoms. The second-order valence-corrected chi connectivity index (χ2v) is 4.26. The van der Waals surface area contributed by atoms with Crippen molar-refractivity contribution in [3.05, 3.63) is 51.7 Å². The highest BCUT2D eigenvalue weighted by molar-refractivity contribution is 5.75. The number of rotatable bonds is 3. The molecule has 20 heavy (non-hydrogen) atoms. The number of pyridine rings is 1. The lowest BCUT2D eigenvalue weighted by Gasteiger charge is -2.12. The predicted octanol–water partition coefficient (Wildman–Crippen LogP) is 2.76. The van der Waals surface area contributed by atoms with Crippen molar-refractivity contribution in [3.8, 4) is 22.9 Å². The zero-order chi connectivity index (χ0) is 14.7. The van der Waals surface area contributed by atoms with Gasteiger partial charge in [-0.1, -0.05) is 0 Å². The summed E-state index contributed by atoms with van der Waals surface area (Å²) in [5.74, 6) is -0.119. The average molecular weight is 272 g/mol. The lowest BCUT2D eigenvalue weighted by atomic mass is 10.00. The Morgan fingerprint density at radius 2 is 2.10 bits per heavy atom. The molecule has 2 aromatic rings. The van der Waals surface area contributed by atoms with Gasteiger partial charge in [-0.25, -0.2) is 4.39 Å². The Bertz CT molecular complexity index is 745. The Balaban J connectivity index is 2.75.